The molecule has 0 bridgehead atoms. The third-order valence-electron chi connectivity index (χ3n) is 3.41. The molecule has 24 heavy (non-hydrogen) atoms. The molecule has 0 amide bonds. The van der Waals surface area contributed by atoms with Crippen LogP contribution in [0.2, 0.25) is 0 Å². The molecule has 0 saturated heterocycles. The van der Waals surface area contributed by atoms with E-state index in [1.165, 1.54) is 0 Å². The Hall–Kier alpha value is -1.93. The van der Waals surface area contributed by atoms with Crippen LogP contribution < -0.4 is 0 Å². The van der Waals surface area contributed by atoms with E-state index in [0.29, 0.717) is 6.07 Å². The third-order valence-corrected chi connectivity index (χ3v) is 3.41. The lowest BCUT2D eigenvalue weighted by molar-refractivity contribution is -0.161. The van der Waals surface area contributed by atoms with E-state index in [1.807, 2.05) is 0 Å². The van der Waals surface area contributed by atoms with Crippen LogP contribution in [0.15, 0.2) is 24.3 Å². The Morgan fingerprint density at radius 3 is 1.71 bits per heavy atom. The highest BCUT2D eigenvalue weighted by Crippen LogP contribution is 2.48. The van der Waals surface area contributed by atoms with Gasteiger partial charge in [0.05, 0.1) is 16.7 Å². The quantitative estimate of drug-likeness (QED) is 0.526. The molecule has 0 unspecified atom stereocenters. The molecule has 2 aromatic carbocycles. The first-order valence-corrected chi connectivity index (χ1v) is 6.38. The predicted molar refractivity (Wildman–Crippen MR) is 68.0 cm³/mol. The topological polar surface area (TPSA) is 0 Å². The van der Waals surface area contributed by atoms with Gasteiger partial charge < -0.3 is 0 Å². The lowest BCUT2D eigenvalue weighted by Gasteiger charge is -2.22. The fourth-order valence-electron chi connectivity index (χ4n) is 2.51. The molecule has 2 aromatic rings. The summed E-state index contributed by atoms with van der Waals surface area (Å²) in [6.45, 7) is 3.28. The zero-order chi connectivity index (χ0) is 18.5. The minimum Gasteiger partial charge on any atom is -0.166 e. The highest BCUT2D eigenvalue weighted by Gasteiger charge is 2.47. The molecule has 0 fully saturated rings. The van der Waals surface area contributed by atoms with Crippen molar-refractivity contribution in [3.63, 3.8) is 0 Å². The van der Waals surface area contributed by atoms with Crippen LogP contribution in [0.3, 0.4) is 0 Å². The number of benzene rings is 2. The van der Waals surface area contributed by atoms with E-state index < -0.39 is 52.4 Å². The van der Waals surface area contributed by atoms with E-state index in [9.17, 15) is 39.5 Å². The van der Waals surface area contributed by atoms with Gasteiger partial charge in [-0.15, -0.1) is 0 Å². The molecule has 0 nitrogen and oxygen atoms in total. The van der Waals surface area contributed by atoms with Crippen LogP contribution >= 0.6 is 0 Å². The van der Waals surface area contributed by atoms with Gasteiger partial charge in [0.15, 0.2) is 0 Å². The van der Waals surface area contributed by atoms with Crippen LogP contribution in [0.4, 0.5) is 39.5 Å². The van der Waals surface area contributed by atoms with Gasteiger partial charge in [-0.2, -0.15) is 39.5 Å². The van der Waals surface area contributed by atoms with Gasteiger partial charge in [-0.1, -0.05) is 12.1 Å². The van der Waals surface area contributed by atoms with E-state index in [-0.39, 0.29) is 11.6 Å². The van der Waals surface area contributed by atoms with Crippen molar-refractivity contribution < 1.29 is 39.5 Å². The van der Waals surface area contributed by atoms with Gasteiger partial charge in [0.2, 0.25) is 0 Å². The highest BCUT2D eigenvalue weighted by atomic mass is 19.4. The van der Waals surface area contributed by atoms with Crippen molar-refractivity contribution in [2.75, 3.05) is 0 Å². The number of fused-ring (bicyclic) bond motifs is 1. The van der Waals surface area contributed by atoms with E-state index >= 15 is 0 Å². The average molecular weight is 359 g/mol. The largest absolute Gasteiger partial charge is 0.417 e. The molecule has 0 heterocycles. The summed E-state index contributed by atoms with van der Waals surface area (Å²) in [5.41, 5.74) is -6.61. The maximum atomic E-state index is 13.2. The second kappa shape index (κ2) is 5.56. The Balaban J connectivity index is 3.16. The van der Waals surface area contributed by atoms with Gasteiger partial charge in [-0.05, 0) is 36.4 Å². The highest BCUT2D eigenvalue weighted by molar-refractivity contribution is 5.93. The first kappa shape index (κ1) is 18.4. The summed E-state index contributed by atoms with van der Waals surface area (Å²) in [6.07, 6.45) is -16.7. The number of rotatable bonds is 1. The van der Waals surface area contributed by atoms with E-state index in [1.54, 1.807) is 0 Å². The van der Waals surface area contributed by atoms with Crippen molar-refractivity contribution in [2.45, 2.75) is 24.9 Å². The second-order valence-electron chi connectivity index (χ2n) is 4.93. The van der Waals surface area contributed by atoms with Crippen molar-refractivity contribution >= 4 is 10.8 Å². The molecule has 131 valence electrons. The molecular formula is C15H8F9. The van der Waals surface area contributed by atoms with E-state index in [4.69, 9.17) is 0 Å². The zero-order valence-electron chi connectivity index (χ0n) is 11.6. The van der Waals surface area contributed by atoms with Gasteiger partial charge >= 0.3 is 18.5 Å². The summed E-state index contributed by atoms with van der Waals surface area (Å²) in [4.78, 5) is 0. The Kier molecular flexibility index (Phi) is 4.26. The maximum absolute atomic E-state index is 13.2. The third kappa shape index (κ3) is 3.16. The van der Waals surface area contributed by atoms with Crippen LogP contribution in [0, 0.1) is 6.92 Å². The second-order valence-corrected chi connectivity index (χ2v) is 4.93. The number of hydrogen-bond donors (Lipinski definition) is 0. The van der Waals surface area contributed by atoms with E-state index in [2.05, 4.69) is 6.92 Å². The molecule has 0 spiro atoms. The van der Waals surface area contributed by atoms with Gasteiger partial charge in [-0.25, -0.2) is 0 Å². The van der Waals surface area contributed by atoms with Gasteiger partial charge in [-0.3, -0.25) is 0 Å². The Labute approximate surface area is 129 Å². The molecule has 0 aliphatic rings. The molecule has 1 radical (unpaired) electrons. The van der Waals surface area contributed by atoms with Crippen LogP contribution in [-0.4, -0.2) is 0 Å². The molecular weight excluding hydrogens is 351 g/mol. The molecule has 0 aliphatic heterocycles. The number of alkyl halides is 9. The molecule has 0 saturated carbocycles. The van der Waals surface area contributed by atoms with Crippen molar-refractivity contribution in [2.24, 2.45) is 0 Å². The van der Waals surface area contributed by atoms with Gasteiger partial charge in [0, 0.05) is 5.39 Å². The Morgan fingerprint density at radius 2 is 1.29 bits per heavy atom. The molecule has 0 aromatic heterocycles. The van der Waals surface area contributed by atoms with Crippen LogP contribution in [0.5, 0.6) is 0 Å². The Bertz CT molecular complexity index is 764. The molecule has 9 heteroatoms. The first-order chi connectivity index (χ1) is 10.8. The normalized spacial score (nSPS) is 13.6. The van der Waals surface area contributed by atoms with E-state index in [0.717, 1.165) is 12.1 Å². The first-order valence-electron chi connectivity index (χ1n) is 6.38. The minimum absolute atomic E-state index is 0.207. The smallest absolute Gasteiger partial charge is 0.166 e. The number of hydrogen-bond acceptors (Lipinski definition) is 0. The zero-order valence-corrected chi connectivity index (χ0v) is 11.6. The summed E-state index contributed by atoms with van der Waals surface area (Å²) in [6, 6.07) is 2.29. The number of halogens is 9. The maximum Gasteiger partial charge on any atom is 0.417 e. The standard InChI is InChI=1S/C15H8F9/c1-2-7-6-10(14(19,20)21)12(15(22,23)24)11-8(7)4-3-5-9(11)13(16,17)18/h3-6H,1-2H2. The average Bonchev–Trinajstić information content (AvgIpc) is 2.41. The molecule has 0 N–H and O–H groups in total. The monoisotopic (exact) mass is 359 g/mol. The van der Waals surface area contributed by atoms with Crippen molar-refractivity contribution in [1.82, 2.24) is 0 Å². The fourth-order valence-corrected chi connectivity index (χ4v) is 2.51. The summed E-state index contributed by atoms with van der Waals surface area (Å²) < 4.78 is 118. The van der Waals surface area contributed by atoms with Crippen molar-refractivity contribution in [3.05, 3.63) is 53.4 Å². The SMILES string of the molecule is [CH2]Cc1cc(C(F)(F)F)c(C(F)(F)F)c2c(C(F)(F)F)cccc12. The van der Waals surface area contributed by atoms with Crippen molar-refractivity contribution in [1.29, 1.82) is 0 Å². The van der Waals surface area contributed by atoms with Crippen molar-refractivity contribution in [3.8, 4) is 0 Å². The molecule has 0 aliphatic carbocycles. The Morgan fingerprint density at radius 1 is 0.750 bits per heavy atom. The van der Waals surface area contributed by atoms with Gasteiger partial charge in [0.1, 0.15) is 0 Å². The summed E-state index contributed by atoms with van der Waals surface area (Å²) >= 11 is 0. The molecule has 2 rings (SSSR count). The lowest BCUT2D eigenvalue weighted by Crippen LogP contribution is -2.20. The van der Waals surface area contributed by atoms with Crippen LogP contribution in [0.25, 0.3) is 10.8 Å². The van der Waals surface area contributed by atoms with Gasteiger partial charge in [0.25, 0.3) is 0 Å². The minimum atomic E-state index is -5.62. The van der Waals surface area contributed by atoms with Crippen LogP contribution in [0.1, 0.15) is 22.3 Å². The molecule has 0 atom stereocenters. The summed E-state index contributed by atoms with van der Waals surface area (Å²) in [5, 5.41) is -2.06. The summed E-state index contributed by atoms with van der Waals surface area (Å²) in [7, 11) is 0. The predicted octanol–water partition coefficient (Wildman–Crippen LogP) is 6.27. The summed E-state index contributed by atoms with van der Waals surface area (Å²) in [5.74, 6) is 0. The fraction of sp³-hybridized carbons (Fsp3) is 0.267. The van der Waals surface area contributed by atoms with Crippen LogP contribution in [-0.2, 0) is 24.9 Å². The lowest BCUT2D eigenvalue weighted by atomic mass is 9.89.